The summed E-state index contributed by atoms with van der Waals surface area (Å²) < 4.78 is 11.5. The smallest absolute Gasteiger partial charge is 0.122 e. The molecule has 118 valence electrons. The molecular formula is C17H26ClNO2. The Morgan fingerprint density at radius 2 is 2.24 bits per heavy atom. The lowest BCUT2D eigenvalue weighted by Gasteiger charge is -2.15. The van der Waals surface area contributed by atoms with Gasteiger partial charge in [-0.3, -0.25) is 0 Å². The minimum Gasteiger partial charge on any atom is -0.492 e. The van der Waals surface area contributed by atoms with Gasteiger partial charge in [0, 0.05) is 24.7 Å². The van der Waals surface area contributed by atoms with E-state index in [1.54, 1.807) is 0 Å². The molecule has 1 aromatic carbocycles. The summed E-state index contributed by atoms with van der Waals surface area (Å²) in [6, 6.07) is 4.06. The molecule has 1 aromatic rings. The summed E-state index contributed by atoms with van der Waals surface area (Å²) in [5.41, 5.74) is 2.23. The maximum atomic E-state index is 6.27. The molecule has 0 radical (unpaired) electrons. The van der Waals surface area contributed by atoms with Crippen LogP contribution in [-0.2, 0) is 4.74 Å². The van der Waals surface area contributed by atoms with Crippen LogP contribution in [0.15, 0.2) is 12.1 Å². The average molecular weight is 312 g/mol. The van der Waals surface area contributed by atoms with Crippen molar-refractivity contribution in [1.29, 1.82) is 0 Å². The molecule has 0 spiro atoms. The molecule has 2 rings (SSSR count). The molecule has 1 aliphatic heterocycles. The van der Waals surface area contributed by atoms with Gasteiger partial charge in [-0.2, -0.15) is 0 Å². The number of benzene rings is 1. The minimum absolute atomic E-state index is 0.384. The Labute approximate surface area is 133 Å². The van der Waals surface area contributed by atoms with Gasteiger partial charge in [0.25, 0.3) is 0 Å². The lowest BCUT2D eigenvalue weighted by atomic mass is 10.0. The van der Waals surface area contributed by atoms with Crippen LogP contribution < -0.4 is 10.1 Å². The topological polar surface area (TPSA) is 30.5 Å². The second-order valence-electron chi connectivity index (χ2n) is 5.98. The summed E-state index contributed by atoms with van der Waals surface area (Å²) in [6.45, 7) is 9.63. The molecule has 0 bridgehead atoms. The summed E-state index contributed by atoms with van der Waals surface area (Å²) in [5, 5.41) is 4.22. The maximum Gasteiger partial charge on any atom is 0.122 e. The van der Waals surface area contributed by atoms with Crippen LogP contribution in [0.5, 0.6) is 5.75 Å². The first kappa shape index (κ1) is 16.6. The third kappa shape index (κ3) is 4.87. The van der Waals surface area contributed by atoms with Gasteiger partial charge in [-0.05, 0) is 48.9 Å². The highest BCUT2D eigenvalue weighted by Crippen LogP contribution is 2.31. The fourth-order valence-corrected chi connectivity index (χ4v) is 3.00. The molecule has 1 aliphatic rings. The van der Waals surface area contributed by atoms with Crippen molar-refractivity contribution in [2.75, 3.05) is 26.3 Å². The van der Waals surface area contributed by atoms with Crippen molar-refractivity contribution in [3.8, 4) is 5.75 Å². The second kappa shape index (κ2) is 8.02. The highest BCUT2D eigenvalue weighted by atomic mass is 35.5. The van der Waals surface area contributed by atoms with Crippen molar-refractivity contribution >= 4 is 11.6 Å². The van der Waals surface area contributed by atoms with Gasteiger partial charge in [-0.15, -0.1) is 0 Å². The first-order valence-corrected chi connectivity index (χ1v) is 8.21. The van der Waals surface area contributed by atoms with Crippen LogP contribution in [0.4, 0.5) is 0 Å². The Balaban J connectivity index is 1.78. The standard InChI is InChI=1S/C17H26ClNO2/c1-12(2)15-10-17(13(3)9-16(15)18)21-8-6-19-11-14-5-4-7-20-14/h9-10,12,14,19H,4-8,11H2,1-3H3. The van der Waals surface area contributed by atoms with Crippen molar-refractivity contribution in [3.05, 3.63) is 28.3 Å². The lowest BCUT2D eigenvalue weighted by molar-refractivity contribution is 0.109. The lowest BCUT2D eigenvalue weighted by Crippen LogP contribution is -2.29. The highest BCUT2D eigenvalue weighted by molar-refractivity contribution is 6.31. The molecule has 0 aliphatic carbocycles. The molecule has 1 atom stereocenters. The maximum absolute atomic E-state index is 6.27. The number of nitrogens with one attached hydrogen (secondary N) is 1. The Morgan fingerprint density at radius 1 is 1.43 bits per heavy atom. The summed E-state index contributed by atoms with van der Waals surface area (Å²) in [5.74, 6) is 1.33. The van der Waals surface area contributed by atoms with E-state index in [4.69, 9.17) is 21.1 Å². The Morgan fingerprint density at radius 3 is 2.90 bits per heavy atom. The second-order valence-corrected chi connectivity index (χ2v) is 6.39. The van der Waals surface area contributed by atoms with Crippen LogP contribution in [0.2, 0.25) is 5.02 Å². The zero-order valence-electron chi connectivity index (χ0n) is 13.2. The van der Waals surface area contributed by atoms with Crippen LogP contribution >= 0.6 is 11.6 Å². The van der Waals surface area contributed by atoms with Gasteiger partial charge < -0.3 is 14.8 Å². The molecule has 1 fully saturated rings. The molecular weight excluding hydrogens is 286 g/mol. The van der Waals surface area contributed by atoms with Crippen molar-refractivity contribution in [2.45, 2.75) is 45.6 Å². The summed E-state index contributed by atoms with van der Waals surface area (Å²) in [6.07, 6.45) is 2.74. The fraction of sp³-hybridized carbons (Fsp3) is 0.647. The molecule has 1 unspecified atom stereocenters. The molecule has 4 heteroatoms. The van der Waals surface area contributed by atoms with E-state index in [9.17, 15) is 0 Å². The molecule has 1 N–H and O–H groups in total. The molecule has 1 heterocycles. The highest BCUT2D eigenvalue weighted by Gasteiger charge is 2.14. The number of rotatable bonds is 7. The number of hydrogen-bond acceptors (Lipinski definition) is 3. The average Bonchev–Trinajstić information content (AvgIpc) is 2.93. The van der Waals surface area contributed by atoms with Crippen LogP contribution in [0, 0.1) is 6.92 Å². The SMILES string of the molecule is Cc1cc(Cl)c(C(C)C)cc1OCCNCC1CCCO1. The van der Waals surface area contributed by atoms with Crippen LogP contribution in [0.1, 0.15) is 43.7 Å². The summed E-state index contributed by atoms with van der Waals surface area (Å²) in [4.78, 5) is 0. The van der Waals surface area contributed by atoms with Crippen molar-refractivity contribution in [2.24, 2.45) is 0 Å². The van der Waals surface area contributed by atoms with Crippen LogP contribution in [0.25, 0.3) is 0 Å². The van der Waals surface area contributed by atoms with Crippen molar-refractivity contribution in [1.82, 2.24) is 5.32 Å². The van der Waals surface area contributed by atoms with E-state index in [1.807, 2.05) is 13.0 Å². The minimum atomic E-state index is 0.384. The monoisotopic (exact) mass is 311 g/mol. The van der Waals surface area contributed by atoms with Gasteiger partial charge in [0.2, 0.25) is 0 Å². The summed E-state index contributed by atoms with van der Waals surface area (Å²) >= 11 is 6.27. The van der Waals surface area contributed by atoms with Gasteiger partial charge in [0.15, 0.2) is 0 Å². The normalized spacial score (nSPS) is 18.4. The molecule has 0 saturated carbocycles. The molecule has 0 aromatic heterocycles. The number of aryl methyl sites for hydroxylation is 1. The van der Waals surface area contributed by atoms with Gasteiger partial charge in [0.1, 0.15) is 12.4 Å². The van der Waals surface area contributed by atoms with E-state index in [1.165, 1.54) is 12.8 Å². The Bertz CT molecular complexity index is 456. The molecule has 0 amide bonds. The zero-order chi connectivity index (χ0) is 15.2. The summed E-state index contributed by atoms with van der Waals surface area (Å²) in [7, 11) is 0. The fourth-order valence-electron chi connectivity index (χ4n) is 2.57. The van der Waals surface area contributed by atoms with Crippen molar-refractivity contribution < 1.29 is 9.47 Å². The van der Waals surface area contributed by atoms with Gasteiger partial charge >= 0.3 is 0 Å². The predicted octanol–water partition coefficient (Wildman–Crippen LogP) is 3.92. The first-order chi connectivity index (χ1) is 10.1. The van der Waals surface area contributed by atoms with E-state index >= 15 is 0 Å². The first-order valence-electron chi connectivity index (χ1n) is 7.83. The van der Waals surface area contributed by atoms with E-state index < -0.39 is 0 Å². The molecule has 1 saturated heterocycles. The zero-order valence-corrected chi connectivity index (χ0v) is 14.0. The van der Waals surface area contributed by atoms with Gasteiger partial charge in [-0.25, -0.2) is 0 Å². The predicted molar refractivity (Wildman–Crippen MR) is 87.6 cm³/mol. The molecule has 3 nitrogen and oxygen atoms in total. The molecule has 21 heavy (non-hydrogen) atoms. The Kier molecular flexibility index (Phi) is 6.34. The third-order valence-electron chi connectivity index (χ3n) is 3.85. The number of hydrogen-bond donors (Lipinski definition) is 1. The quantitative estimate of drug-likeness (QED) is 0.774. The van der Waals surface area contributed by atoms with Gasteiger partial charge in [0.05, 0.1) is 6.10 Å². The van der Waals surface area contributed by atoms with Crippen LogP contribution in [-0.4, -0.2) is 32.4 Å². The van der Waals surface area contributed by atoms with Crippen LogP contribution in [0.3, 0.4) is 0 Å². The van der Waals surface area contributed by atoms with E-state index in [0.29, 0.717) is 18.6 Å². The van der Waals surface area contributed by atoms with E-state index in [0.717, 1.165) is 41.6 Å². The van der Waals surface area contributed by atoms with Gasteiger partial charge in [-0.1, -0.05) is 25.4 Å². The Hall–Kier alpha value is -0.770. The third-order valence-corrected chi connectivity index (χ3v) is 4.18. The van der Waals surface area contributed by atoms with E-state index in [2.05, 4.69) is 25.2 Å². The largest absolute Gasteiger partial charge is 0.492 e. The number of ether oxygens (including phenoxy) is 2. The van der Waals surface area contributed by atoms with Crippen molar-refractivity contribution in [3.63, 3.8) is 0 Å². The van der Waals surface area contributed by atoms with E-state index in [-0.39, 0.29) is 0 Å². The number of halogens is 1.